The van der Waals surface area contributed by atoms with Crippen LogP contribution in [0.2, 0.25) is 0 Å². The molecule has 0 N–H and O–H groups in total. The van der Waals surface area contributed by atoms with Gasteiger partial charge in [0.2, 0.25) is 0 Å². The van der Waals surface area contributed by atoms with Crippen LogP contribution in [-0.2, 0) is 5.75 Å². The lowest BCUT2D eigenvalue weighted by atomic mass is 10.1. The molecule has 2 aromatic carbocycles. The Hall–Kier alpha value is -1.72. The van der Waals surface area contributed by atoms with Crippen LogP contribution in [0.5, 0.6) is 0 Å². The second-order valence-corrected chi connectivity index (χ2v) is 5.75. The van der Waals surface area contributed by atoms with E-state index in [1.54, 1.807) is 0 Å². The van der Waals surface area contributed by atoms with Gasteiger partial charge in [-0.3, -0.25) is 0 Å². The number of aryl methyl sites for hydroxylation is 1. The van der Waals surface area contributed by atoms with Crippen molar-refractivity contribution in [2.45, 2.75) is 24.3 Å². The molecule has 0 bridgehead atoms. The SMILES string of the molecule is Cc1cccc(CSC(CC#N)c2ccccc2)c1. The molecule has 2 aromatic rings. The first-order chi connectivity index (χ1) is 9.29. The molecule has 2 heteroatoms. The summed E-state index contributed by atoms with van der Waals surface area (Å²) in [6.07, 6.45) is 0.556. The molecule has 19 heavy (non-hydrogen) atoms. The number of hydrogen-bond acceptors (Lipinski definition) is 2. The lowest BCUT2D eigenvalue weighted by Crippen LogP contribution is -1.94. The maximum absolute atomic E-state index is 8.98. The lowest BCUT2D eigenvalue weighted by molar-refractivity contribution is 0.977. The molecule has 0 aliphatic rings. The molecule has 2 rings (SSSR count). The third-order valence-corrected chi connectivity index (χ3v) is 4.32. The second kappa shape index (κ2) is 7.01. The summed E-state index contributed by atoms with van der Waals surface area (Å²) in [7, 11) is 0. The second-order valence-electron chi connectivity index (χ2n) is 4.56. The van der Waals surface area contributed by atoms with E-state index in [0.717, 1.165) is 5.75 Å². The Bertz CT molecular complexity index is 557. The average molecular weight is 267 g/mol. The Morgan fingerprint density at radius 3 is 2.58 bits per heavy atom. The van der Waals surface area contributed by atoms with E-state index in [2.05, 4.69) is 49.4 Å². The molecule has 1 unspecified atom stereocenters. The van der Waals surface area contributed by atoms with Crippen molar-refractivity contribution in [3.63, 3.8) is 0 Å². The van der Waals surface area contributed by atoms with Crippen molar-refractivity contribution < 1.29 is 0 Å². The van der Waals surface area contributed by atoms with Crippen LogP contribution >= 0.6 is 11.8 Å². The monoisotopic (exact) mass is 267 g/mol. The van der Waals surface area contributed by atoms with E-state index >= 15 is 0 Å². The molecule has 1 atom stereocenters. The summed E-state index contributed by atoms with van der Waals surface area (Å²) in [4.78, 5) is 0. The van der Waals surface area contributed by atoms with Crippen LogP contribution in [0, 0.1) is 18.3 Å². The van der Waals surface area contributed by atoms with Gasteiger partial charge in [0.25, 0.3) is 0 Å². The number of rotatable bonds is 5. The third kappa shape index (κ3) is 4.15. The van der Waals surface area contributed by atoms with Crippen LogP contribution in [-0.4, -0.2) is 0 Å². The fourth-order valence-electron chi connectivity index (χ4n) is 2.02. The Labute approximate surface area is 119 Å². The molecule has 96 valence electrons. The van der Waals surface area contributed by atoms with Gasteiger partial charge in [0, 0.05) is 11.0 Å². The maximum atomic E-state index is 8.98. The number of nitrogens with zero attached hydrogens (tertiary/aromatic N) is 1. The van der Waals surface area contributed by atoms with Crippen molar-refractivity contribution >= 4 is 11.8 Å². The molecule has 0 saturated carbocycles. The van der Waals surface area contributed by atoms with E-state index in [-0.39, 0.29) is 5.25 Å². The third-order valence-electron chi connectivity index (χ3n) is 2.98. The van der Waals surface area contributed by atoms with Gasteiger partial charge in [0.05, 0.1) is 12.5 Å². The van der Waals surface area contributed by atoms with E-state index in [4.69, 9.17) is 5.26 Å². The zero-order valence-corrected chi connectivity index (χ0v) is 11.9. The van der Waals surface area contributed by atoms with Gasteiger partial charge in [0.1, 0.15) is 0 Å². The minimum Gasteiger partial charge on any atom is -0.198 e. The summed E-state index contributed by atoms with van der Waals surface area (Å²) >= 11 is 1.84. The van der Waals surface area contributed by atoms with Gasteiger partial charge in [0.15, 0.2) is 0 Å². The highest BCUT2D eigenvalue weighted by Crippen LogP contribution is 2.34. The van der Waals surface area contributed by atoms with Gasteiger partial charge < -0.3 is 0 Å². The van der Waals surface area contributed by atoms with Crippen LogP contribution < -0.4 is 0 Å². The summed E-state index contributed by atoms with van der Waals surface area (Å²) in [6.45, 7) is 2.11. The molecule has 0 aliphatic carbocycles. The van der Waals surface area contributed by atoms with Crippen molar-refractivity contribution in [2.24, 2.45) is 0 Å². The average Bonchev–Trinajstić information content (AvgIpc) is 2.44. The fraction of sp³-hybridized carbons (Fsp3) is 0.235. The van der Waals surface area contributed by atoms with Gasteiger partial charge in [-0.2, -0.15) is 5.26 Å². The van der Waals surface area contributed by atoms with Crippen LogP contribution in [0.4, 0.5) is 0 Å². The molecule has 0 amide bonds. The van der Waals surface area contributed by atoms with Gasteiger partial charge in [-0.05, 0) is 18.1 Å². The van der Waals surface area contributed by atoms with Crippen molar-refractivity contribution in [3.05, 3.63) is 71.3 Å². The van der Waals surface area contributed by atoms with Crippen LogP contribution in [0.15, 0.2) is 54.6 Å². The van der Waals surface area contributed by atoms with Gasteiger partial charge in [-0.1, -0.05) is 60.2 Å². The predicted molar refractivity (Wildman–Crippen MR) is 81.9 cm³/mol. The molecule has 0 aromatic heterocycles. The number of hydrogen-bond donors (Lipinski definition) is 0. The van der Waals surface area contributed by atoms with E-state index in [0.29, 0.717) is 6.42 Å². The molecule has 0 radical (unpaired) electrons. The van der Waals surface area contributed by atoms with Crippen molar-refractivity contribution in [1.82, 2.24) is 0 Å². The fourth-order valence-corrected chi connectivity index (χ4v) is 3.14. The first-order valence-corrected chi connectivity index (χ1v) is 7.43. The molecule has 1 nitrogen and oxygen atoms in total. The molecule has 0 aliphatic heterocycles. The normalized spacial score (nSPS) is 11.8. The number of benzene rings is 2. The standard InChI is InChI=1S/C17H17NS/c1-14-6-5-7-15(12-14)13-19-17(10-11-18)16-8-3-2-4-9-16/h2-9,12,17H,10,13H2,1H3. The highest BCUT2D eigenvalue weighted by atomic mass is 32.2. The molecular formula is C17H17NS. The summed E-state index contributed by atoms with van der Waals surface area (Å²) < 4.78 is 0. The van der Waals surface area contributed by atoms with Crippen LogP contribution in [0.1, 0.15) is 28.4 Å². The lowest BCUT2D eigenvalue weighted by Gasteiger charge is -2.14. The Morgan fingerprint density at radius 2 is 1.89 bits per heavy atom. The van der Waals surface area contributed by atoms with Gasteiger partial charge in [-0.15, -0.1) is 11.8 Å². The largest absolute Gasteiger partial charge is 0.198 e. The topological polar surface area (TPSA) is 23.8 Å². The summed E-state index contributed by atoms with van der Waals surface area (Å²) in [6, 6.07) is 21.1. The highest BCUT2D eigenvalue weighted by molar-refractivity contribution is 7.98. The minimum atomic E-state index is 0.256. The predicted octanol–water partition coefficient (Wildman–Crippen LogP) is 4.88. The Kier molecular flexibility index (Phi) is 5.06. The summed E-state index contributed by atoms with van der Waals surface area (Å²) in [5.41, 5.74) is 3.85. The number of nitriles is 1. The highest BCUT2D eigenvalue weighted by Gasteiger charge is 2.11. The van der Waals surface area contributed by atoms with Crippen LogP contribution in [0.3, 0.4) is 0 Å². The van der Waals surface area contributed by atoms with E-state index < -0.39 is 0 Å². The Morgan fingerprint density at radius 1 is 1.11 bits per heavy atom. The summed E-state index contributed by atoms with van der Waals surface area (Å²) in [5.74, 6) is 0.947. The molecular weight excluding hydrogens is 250 g/mol. The quantitative estimate of drug-likeness (QED) is 0.770. The zero-order chi connectivity index (χ0) is 13.5. The van der Waals surface area contributed by atoms with Crippen molar-refractivity contribution in [3.8, 4) is 6.07 Å². The molecule has 0 spiro atoms. The molecule has 0 heterocycles. The smallest absolute Gasteiger partial charge is 0.0636 e. The first-order valence-electron chi connectivity index (χ1n) is 6.38. The zero-order valence-electron chi connectivity index (χ0n) is 11.0. The maximum Gasteiger partial charge on any atom is 0.0636 e. The minimum absolute atomic E-state index is 0.256. The van der Waals surface area contributed by atoms with E-state index in [1.807, 2.05) is 30.0 Å². The van der Waals surface area contributed by atoms with Gasteiger partial charge >= 0.3 is 0 Å². The van der Waals surface area contributed by atoms with E-state index in [1.165, 1.54) is 16.7 Å². The summed E-state index contributed by atoms with van der Waals surface area (Å²) in [5, 5.41) is 9.23. The first kappa shape index (κ1) is 13.7. The van der Waals surface area contributed by atoms with E-state index in [9.17, 15) is 0 Å². The van der Waals surface area contributed by atoms with Crippen molar-refractivity contribution in [1.29, 1.82) is 5.26 Å². The molecule has 0 fully saturated rings. The number of thioether (sulfide) groups is 1. The van der Waals surface area contributed by atoms with Crippen molar-refractivity contribution in [2.75, 3.05) is 0 Å². The van der Waals surface area contributed by atoms with Gasteiger partial charge in [-0.25, -0.2) is 0 Å². The Balaban J connectivity index is 2.04. The molecule has 0 saturated heterocycles. The van der Waals surface area contributed by atoms with Crippen LogP contribution in [0.25, 0.3) is 0 Å².